The number of halogens is 5. The van der Waals surface area contributed by atoms with Gasteiger partial charge in [0.1, 0.15) is 5.69 Å². The van der Waals surface area contributed by atoms with E-state index in [4.69, 9.17) is 10.5 Å². The molecule has 3 heterocycles. The second kappa shape index (κ2) is 7.44. The van der Waals surface area contributed by atoms with Gasteiger partial charge in [-0.15, -0.1) is 5.10 Å². The molecule has 1 saturated heterocycles. The second-order valence-corrected chi connectivity index (χ2v) is 6.49. The molecule has 0 bridgehead atoms. The van der Waals surface area contributed by atoms with Gasteiger partial charge >= 0.3 is 12.2 Å². The highest BCUT2D eigenvalue weighted by molar-refractivity contribution is 5.76. The summed E-state index contributed by atoms with van der Waals surface area (Å²) < 4.78 is 71.9. The summed E-state index contributed by atoms with van der Waals surface area (Å²) in [5.74, 6) is -2.81. The normalized spacial score (nSPS) is 17.4. The minimum absolute atomic E-state index is 0.0224. The number of ether oxygens (including phenoxy) is 1. The van der Waals surface area contributed by atoms with Crippen LogP contribution in [0.2, 0.25) is 0 Å². The quantitative estimate of drug-likeness (QED) is 0.664. The van der Waals surface area contributed by atoms with Gasteiger partial charge in [-0.3, -0.25) is 0 Å². The molecule has 3 rings (SSSR count). The van der Waals surface area contributed by atoms with Crippen molar-refractivity contribution in [3.63, 3.8) is 0 Å². The van der Waals surface area contributed by atoms with Crippen molar-refractivity contribution in [1.29, 1.82) is 0 Å². The molecule has 29 heavy (non-hydrogen) atoms. The number of nitrogen functional groups attached to an aromatic ring is 1. The van der Waals surface area contributed by atoms with E-state index < -0.39 is 37.2 Å². The Morgan fingerprint density at radius 1 is 1.31 bits per heavy atom. The molecule has 2 aromatic heterocycles. The number of hydrogen-bond donors (Lipinski definition) is 2. The van der Waals surface area contributed by atoms with Gasteiger partial charge in [-0.1, -0.05) is 0 Å². The van der Waals surface area contributed by atoms with E-state index in [1.807, 2.05) is 0 Å². The van der Waals surface area contributed by atoms with Crippen LogP contribution in [-0.2, 0) is 13.6 Å². The number of rotatable bonds is 6. The first kappa shape index (κ1) is 20.7. The lowest BCUT2D eigenvalue weighted by atomic mass is 10.3. The Balaban J connectivity index is 1.91. The lowest BCUT2D eigenvalue weighted by molar-refractivity contribution is -0.190. The van der Waals surface area contributed by atoms with Crippen molar-refractivity contribution in [2.45, 2.75) is 38.1 Å². The van der Waals surface area contributed by atoms with Gasteiger partial charge in [-0.25, -0.2) is 13.5 Å². The largest absolute Gasteiger partial charge is 0.451 e. The summed E-state index contributed by atoms with van der Waals surface area (Å²) in [6.45, 7) is 0.0561. The van der Waals surface area contributed by atoms with Gasteiger partial charge in [0, 0.05) is 20.0 Å². The summed E-state index contributed by atoms with van der Waals surface area (Å²) >= 11 is 0. The van der Waals surface area contributed by atoms with E-state index in [2.05, 4.69) is 30.8 Å². The molecule has 1 aliphatic rings. The number of nitrogens with two attached hydrogens (primary N) is 1. The number of aryl methyl sites for hydroxylation is 1. The molecule has 1 fully saturated rings. The molecule has 1 aliphatic heterocycles. The summed E-state index contributed by atoms with van der Waals surface area (Å²) in [4.78, 5) is 8.88. The maximum absolute atomic E-state index is 13.6. The highest BCUT2D eigenvalue weighted by Gasteiger charge is 2.41. The molecule has 0 aromatic carbocycles. The van der Waals surface area contributed by atoms with Crippen molar-refractivity contribution in [3.05, 3.63) is 5.82 Å². The summed E-state index contributed by atoms with van der Waals surface area (Å²) in [6, 6.07) is -0.646. The minimum Gasteiger partial charge on any atom is -0.451 e. The average Bonchev–Trinajstić information content (AvgIpc) is 3.19. The predicted molar refractivity (Wildman–Crippen MR) is 90.5 cm³/mol. The number of aromatic nitrogens is 6. The molecule has 160 valence electrons. The zero-order valence-electron chi connectivity index (χ0n) is 15.4. The Morgan fingerprint density at radius 2 is 2.03 bits per heavy atom. The molecule has 15 heteroatoms. The number of anilines is 3. The molecule has 0 spiro atoms. The third-order valence-electron chi connectivity index (χ3n) is 4.24. The monoisotopic (exact) mass is 423 g/mol. The van der Waals surface area contributed by atoms with Gasteiger partial charge in [0.05, 0.1) is 13.1 Å². The number of alkyl halides is 5. The highest BCUT2D eigenvalue weighted by atomic mass is 19.4. The first-order valence-electron chi connectivity index (χ1n) is 8.45. The Morgan fingerprint density at radius 3 is 2.59 bits per heavy atom. The van der Waals surface area contributed by atoms with Crippen molar-refractivity contribution in [3.8, 4) is 6.01 Å². The van der Waals surface area contributed by atoms with Crippen molar-refractivity contribution in [2.75, 3.05) is 29.0 Å². The standard InChI is InChI=1S/C14H18F5N9O/c1-7(14(17,18)19)29-12-22-10(21-5-8-24-25-26-27(8)2)9(20)11(23-12)28-4-3-13(15,16)6-28/h7H,3-6,20H2,1-2H3,(H,21,22,23)/t7-/m0/s1. The maximum atomic E-state index is 13.6. The van der Waals surface area contributed by atoms with E-state index in [1.54, 1.807) is 7.05 Å². The van der Waals surface area contributed by atoms with E-state index in [-0.39, 0.29) is 30.4 Å². The van der Waals surface area contributed by atoms with Crippen LogP contribution in [0.15, 0.2) is 0 Å². The minimum atomic E-state index is -4.66. The molecule has 2 aromatic rings. The van der Waals surface area contributed by atoms with Crippen LogP contribution in [0.4, 0.5) is 39.3 Å². The first-order valence-corrected chi connectivity index (χ1v) is 8.45. The molecule has 0 amide bonds. The third kappa shape index (κ3) is 4.71. The SMILES string of the molecule is C[C@H](Oc1nc(NCc2nnnn2C)c(N)c(N2CCC(F)(F)C2)n1)C(F)(F)F. The van der Waals surface area contributed by atoms with Crippen LogP contribution in [0, 0.1) is 0 Å². The van der Waals surface area contributed by atoms with E-state index in [0.717, 1.165) is 6.92 Å². The Labute approximate surface area is 161 Å². The Bertz CT molecular complexity index is 872. The van der Waals surface area contributed by atoms with Crippen LogP contribution in [0.1, 0.15) is 19.2 Å². The van der Waals surface area contributed by atoms with Gasteiger partial charge in [-0.05, 0) is 17.4 Å². The van der Waals surface area contributed by atoms with Crippen LogP contribution in [0.25, 0.3) is 0 Å². The van der Waals surface area contributed by atoms with E-state index >= 15 is 0 Å². The average molecular weight is 423 g/mol. The van der Waals surface area contributed by atoms with Gasteiger partial charge in [0.25, 0.3) is 5.92 Å². The highest BCUT2D eigenvalue weighted by Crippen LogP contribution is 2.36. The van der Waals surface area contributed by atoms with Crippen LogP contribution in [-0.4, -0.2) is 61.5 Å². The molecule has 3 N–H and O–H groups in total. The summed E-state index contributed by atoms with van der Waals surface area (Å²) in [5.41, 5.74) is 5.90. The molecule has 0 aliphatic carbocycles. The molecule has 0 radical (unpaired) electrons. The fourth-order valence-corrected chi connectivity index (χ4v) is 2.57. The van der Waals surface area contributed by atoms with E-state index in [9.17, 15) is 22.0 Å². The van der Waals surface area contributed by atoms with Crippen LogP contribution in [0.3, 0.4) is 0 Å². The van der Waals surface area contributed by atoms with Gasteiger partial charge in [0.2, 0.25) is 0 Å². The topological polar surface area (TPSA) is 120 Å². The van der Waals surface area contributed by atoms with Crippen LogP contribution >= 0.6 is 0 Å². The van der Waals surface area contributed by atoms with Gasteiger partial charge < -0.3 is 20.7 Å². The number of nitrogens with zero attached hydrogens (tertiary/aromatic N) is 7. The molecule has 0 saturated carbocycles. The third-order valence-corrected chi connectivity index (χ3v) is 4.24. The van der Waals surface area contributed by atoms with Crippen molar-refractivity contribution >= 4 is 17.3 Å². The number of hydrogen-bond acceptors (Lipinski definition) is 9. The predicted octanol–water partition coefficient (Wildman–Crippen LogP) is 1.37. The Kier molecular flexibility index (Phi) is 5.32. The molecule has 0 unspecified atom stereocenters. The Hall–Kier alpha value is -3.00. The lowest BCUT2D eigenvalue weighted by Gasteiger charge is -2.22. The summed E-state index contributed by atoms with van der Waals surface area (Å²) in [7, 11) is 1.58. The van der Waals surface area contributed by atoms with Crippen molar-refractivity contribution in [1.82, 2.24) is 30.2 Å². The van der Waals surface area contributed by atoms with Crippen LogP contribution < -0.4 is 20.7 Å². The van der Waals surface area contributed by atoms with E-state index in [1.165, 1.54) is 9.58 Å². The second-order valence-electron chi connectivity index (χ2n) is 6.49. The van der Waals surface area contributed by atoms with Gasteiger partial charge in [0.15, 0.2) is 23.6 Å². The van der Waals surface area contributed by atoms with E-state index in [0.29, 0.717) is 5.82 Å². The molecular formula is C14H18F5N9O. The first-order chi connectivity index (χ1) is 13.5. The fraction of sp³-hybridized carbons (Fsp3) is 0.643. The molecule has 10 nitrogen and oxygen atoms in total. The van der Waals surface area contributed by atoms with Gasteiger partial charge in [-0.2, -0.15) is 23.1 Å². The summed E-state index contributed by atoms with van der Waals surface area (Å²) in [5, 5.41) is 13.6. The number of tetrazole rings is 1. The van der Waals surface area contributed by atoms with Crippen LogP contribution in [0.5, 0.6) is 6.01 Å². The maximum Gasteiger partial charge on any atom is 0.425 e. The zero-order chi connectivity index (χ0) is 21.4. The van der Waals surface area contributed by atoms with Crippen molar-refractivity contribution < 1.29 is 26.7 Å². The van der Waals surface area contributed by atoms with Crippen molar-refractivity contribution in [2.24, 2.45) is 7.05 Å². The molecular weight excluding hydrogens is 405 g/mol. The zero-order valence-corrected chi connectivity index (χ0v) is 15.4. The fourth-order valence-electron chi connectivity index (χ4n) is 2.57. The molecule has 1 atom stereocenters. The number of nitrogens with one attached hydrogen (secondary N) is 1. The summed E-state index contributed by atoms with van der Waals surface area (Å²) in [6.07, 6.45) is -7.31. The lowest BCUT2D eigenvalue weighted by Crippen LogP contribution is -2.32. The smallest absolute Gasteiger partial charge is 0.425 e.